The number of likely N-dealkylation sites (tertiary alicyclic amines) is 1. The van der Waals surface area contributed by atoms with E-state index in [-0.39, 0.29) is 34.4 Å². The molecule has 1 saturated heterocycles. The summed E-state index contributed by atoms with van der Waals surface area (Å²) in [6.07, 6.45) is 0.782. The zero-order valence-electron chi connectivity index (χ0n) is 20.2. The molecule has 0 unspecified atom stereocenters. The standard InChI is InChI=1S/C27H27ClN2O7/c1-36-25(34)10-19(16-5-6-22(31)20(28)8-16)27-26(35)23(32)9-18(37-27)14-29-11-15-7-17(13-29)21-3-2-4-24(33)30(21)12-15/h2-6,8-9,15,17,19,31,35H,7,10-14H2,1H3/t15-,17+,19-/m1/s1. The number of benzene rings is 1. The maximum absolute atomic E-state index is 12.8. The van der Waals surface area contributed by atoms with Gasteiger partial charge in [-0.15, -0.1) is 0 Å². The molecular weight excluding hydrogens is 500 g/mol. The predicted molar refractivity (Wildman–Crippen MR) is 135 cm³/mol. The first-order valence-corrected chi connectivity index (χ1v) is 12.4. The van der Waals surface area contributed by atoms with Crippen molar-refractivity contribution >= 4 is 17.6 Å². The number of carbonyl (C=O) groups excluding carboxylic acids is 1. The normalized spacial score (nSPS) is 19.7. The summed E-state index contributed by atoms with van der Waals surface area (Å²) in [5, 5.41) is 20.5. The van der Waals surface area contributed by atoms with E-state index in [2.05, 4.69) is 4.90 Å². The number of phenolic OH excluding ortho intramolecular Hbond substituents is 1. The van der Waals surface area contributed by atoms with Gasteiger partial charge >= 0.3 is 5.97 Å². The van der Waals surface area contributed by atoms with Crippen molar-refractivity contribution in [2.24, 2.45) is 5.92 Å². The minimum Gasteiger partial charge on any atom is -0.506 e. The van der Waals surface area contributed by atoms with Crippen molar-refractivity contribution in [1.82, 2.24) is 9.47 Å². The number of hydrogen-bond acceptors (Lipinski definition) is 8. The van der Waals surface area contributed by atoms with Gasteiger partial charge in [-0.25, -0.2) is 0 Å². The number of halogens is 1. The van der Waals surface area contributed by atoms with Crippen LogP contribution in [-0.4, -0.2) is 45.8 Å². The fourth-order valence-corrected chi connectivity index (χ4v) is 5.76. The number of nitrogens with zero attached hydrogens (tertiary/aromatic N) is 2. The van der Waals surface area contributed by atoms with Gasteiger partial charge in [0.15, 0.2) is 5.76 Å². The molecule has 2 N–H and O–H groups in total. The summed E-state index contributed by atoms with van der Waals surface area (Å²) < 4.78 is 12.8. The number of ether oxygens (including phenoxy) is 1. The lowest BCUT2D eigenvalue weighted by atomic mass is 9.83. The fourth-order valence-electron chi connectivity index (χ4n) is 5.57. The van der Waals surface area contributed by atoms with E-state index in [1.165, 1.54) is 25.3 Å². The summed E-state index contributed by atoms with van der Waals surface area (Å²) >= 11 is 6.09. The Labute approximate surface area is 217 Å². The summed E-state index contributed by atoms with van der Waals surface area (Å²) in [6.45, 7) is 2.40. The van der Waals surface area contributed by atoms with E-state index in [0.29, 0.717) is 36.9 Å². The van der Waals surface area contributed by atoms with Gasteiger partial charge < -0.3 is 23.9 Å². The van der Waals surface area contributed by atoms with Crippen molar-refractivity contribution in [3.63, 3.8) is 0 Å². The van der Waals surface area contributed by atoms with Crippen LogP contribution in [-0.2, 0) is 22.6 Å². The topological polar surface area (TPSA) is 122 Å². The molecule has 3 atom stereocenters. The molecule has 2 aliphatic rings. The number of carbonyl (C=O) groups is 1. The second-order valence-corrected chi connectivity index (χ2v) is 10.1. The monoisotopic (exact) mass is 526 g/mol. The van der Waals surface area contributed by atoms with Crippen LogP contribution in [0, 0.1) is 5.92 Å². The lowest BCUT2D eigenvalue weighted by Crippen LogP contribution is -2.46. The van der Waals surface area contributed by atoms with Crippen LogP contribution in [0.3, 0.4) is 0 Å². The van der Waals surface area contributed by atoms with Crippen LogP contribution >= 0.6 is 11.6 Å². The third kappa shape index (κ3) is 5.01. The Morgan fingerprint density at radius 3 is 2.73 bits per heavy atom. The summed E-state index contributed by atoms with van der Waals surface area (Å²) in [5.74, 6) is -1.40. The molecule has 3 aromatic rings. The number of fused-ring (bicyclic) bond motifs is 4. The molecule has 0 spiro atoms. The lowest BCUT2D eigenvalue weighted by Gasteiger charge is -2.42. The highest BCUT2D eigenvalue weighted by molar-refractivity contribution is 6.32. The van der Waals surface area contributed by atoms with Crippen molar-refractivity contribution < 1.29 is 24.2 Å². The second-order valence-electron chi connectivity index (χ2n) is 9.73. The van der Waals surface area contributed by atoms with Crippen LogP contribution in [0.5, 0.6) is 11.5 Å². The Kier molecular flexibility index (Phi) is 6.83. The van der Waals surface area contributed by atoms with E-state index in [0.717, 1.165) is 18.7 Å². The number of hydrogen-bond donors (Lipinski definition) is 2. The molecule has 2 bridgehead atoms. The number of phenols is 1. The second kappa shape index (κ2) is 10.1. The molecule has 5 rings (SSSR count). The molecule has 4 heterocycles. The van der Waals surface area contributed by atoms with E-state index in [1.807, 2.05) is 10.6 Å². The number of esters is 1. The number of piperidine rings is 1. The van der Waals surface area contributed by atoms with Gasteiger partial charge in [-0.3, -0.25) is 19.3 Å². The quantitative estimate of drug-likeness (QED) is 0.470. The van der Waals surface area contributed by atoms with Crippen molar-refractivity contribution in [2.45, 2.75) is 37.8 Å². The average Bonchev–Trinajstić information content (AvgIpc) is 2.87. The van der Waals surface area contributed by atoms with Gasteiger partial charge in [-0.2, -0.15) is 0 Å². The van der Waals surface area contributed by atoms with Gasteiger partial charge in [-0.05, 0) is 36.1 Å². The van der Waals surface area contributed by atoms with E-state index in [9.17, 15) is 24.6 Å². The van der Waals surface area contributed by atoms with Crippen LogP contribution in [0.25, 0.3) is 0 Å². The van der Waals surface area contributed by atoms with E-state index >= 15 is 0 Å². The predicted octanol–water partition coefficient (Wildman–Crippen LogP) is 3.18. The summed E-state index contributed by atoms with van der Waals surface area (Å²) in [4.78, 5) is 39.5. The summed E-state index contributed by atoms with van der Waals surface area (Å²) in [7, 11) is 1.25. The summed E-state index contributed by atoms with van der Waals surface area (Å²) in [5.41, 5.74) is 0.882. The molecule has 0 saturated carbocycles. The van der Waals surface area contributed by atoms with Crippen LogP contribution in [0.1, 0.15) is 47.5 Å². The maximum atomic E-state index is 12.8. The highest BCUT2D eigenvalue weighted by Gasteiger charge is 2.35. The molecule has 2 aliphatic heterocycles. The third-order valence-corrected chi connectivity index (χ3v) is 7.53. The van der Waals surface area contributed by atoms with Gasteiger partial charge in [0.2, 0.25) is 11.2 Å². The third-order valence-electron chi connectivity index (χ3n) is 7.22. The Morgan fingerprint density at radius 1 is 1.16 bits per heavy atom. The first-order valence-electron chi connectivity index (χ1n) is 12.1. The molecule has 10 heteroatoms. The van der Waals surface area contributed by atoms with E-state index in [1.54, 1.807) is 18.2 Å². The van der Waals surface area contributed by atoms with Crippen LogP contribution < -0.4 is 11.0 Å². The first-order chi connectivity index (χ1) is 17.7. The van der Waals surface area contributed by atoms with Gasteiger partial charge in [-0.1, -0.05) is 23.7 Å². The van der Waals surface area contributed by atoms with E-state index < -0.39 is 23.1 Å². The van der Waals surface area contributed by atoms with Crippen LogP contribution in [0.15, 0.2) is 56.5 Å². The largest absolute Gasteiger partial charge is 0.506 e. The molecule has 1 fully saturated rings. The Bertz CT molecular complexity index is 1460. The number of aromatic hydroxyl groups is 2. The number of aromatic nitrogens is 1. The number of pyridine rings is 1. The van der Waals surface area contributed by atoms with Crippen LogP contribution in [0.2, 0.25) is 5.02 Å². The van der Waals surface area contributed by atoms with Gasteiger partial charge in [0.05, 0.1) is 31.0 Å². The number of rotatable bonds is 6. The smallest absolute Gasteiger partial charge is 0.306 e. The number of methoxy groups -OCH3 is 1. The molecular formula is C27H27ClN2O7. The molecule has 0 aliphatic carbocycles. The minimum absolute atomic E-state index is 0.0146. The molecule has 0 radical (unpaired) electrons. The maximum Gasteiger partial charge on any atom is 0.306 e. The Morgan fingerprint density at radius 2 is 1.97 bits per heavy atom. The lowest BCUT2D eigenvalue weighted by molar-refractivity contribution is -0.140. The Hall–Kier alpha value is -3.56. The van der Waals surface area contributed by atoms with Gasteiger partial charge in [0, 0.05) is 43.4 Å². The fraction of sp³-hybridized carbons (Fsp3) is 0.370. The first kappa shape index (κ1) is 25.1. The molecule has 37 heavy (non-hydrogen) atoms. The molecule has 9 nitrogen and oxygen atoms in total. The highest BCUT2D eigenvalue weighted by atomic mass is 35.5. The van der Waals surface area contributed by atoms with Gasteiger partial charge in [0.25, 0.3) is 5.56 Å². The zero-order valence-corrected chi connectivity index (χ0v) is 21.0. The molecule has 194 valence electrons. The van der Waals surface area contributed by atoms with Crippen molar-refractivity contribution in [2.75, 3.05) is 20.2 Å². The molecule has 0 amide bonds. The highest BCUT2D eigenvalue weighted by Crippen LogP contribution is 2.38. The van der Waals surface area contributed by atoms with Crippen molar-refractivity contribution in [3.05, 3.63) is 90.8 Å². The SMILES string of the molecule is COC(=O)C[C@H](c1ccc(O)c(Cl)c1)c1oc(CN2C[C@H]3C[C@@H](C2)c2cccc(=O)n2C3)cc(=O)c1O. The molecule has 1 aromatic carbocycles. The minimum atomic E-state index is -0.863. The van der Waals surface area contributed by atoms with Crippen molar-refractivity contribution in [1.29, 1.82) is 0 Å². The summed E-state index contributed by atoms with van der Waals surface area (Å²) in [6, 6.07) is 11.0. The van der Waals surface area contributed by atoms with Crippen molar-refractivity contribution in [3.8, 4) is 11.5 Å². The average molecular weight is 527 g/mol. The zero-order chi connectivity index (χ0) is 26.3. The molecule has 2 aromatic heterocycles. The van der Waals surface area contributed by atoms with E-state index in [4.69, 9.17) is 20.8 Å². The van der Waals surface area contributed by atoms with Gasteiger partial charge in [0.1, 0.15) is 11.5 Å². The Balaban J connectivity index is 1.46. The van der Waals surface area contributed by atoms with Crippen LogP contribution in [0.4, 0.5) is 0 Å².